The second kappa shape index (κ2) is 5.46. The second-order valence-corrected chi connectivity index (χ2v) is 6.54. The Bertz CT molecular complexity index is 615. The average Bonchev–Trinajstić information content (AvgIpc) is 3.04. The van der Waals surface area contributed by atoms with Gasteiger partial charge < -0.3 is 10.1 Å². The van der Waals surface area contributed by atoms with Gasteiger partial charge in [0, 0.05) is 11.3 Å². The van der Waals surface area contributed by atoms with E-state index < -0.39 is 6.10 Å². The molecule has 0 bridgehead atoms. The first-order valence-corrected chi connectivity index (χ1v) is 7.63. The maximum Gasteiger partial charge on any atom is 0.261 e. The largest absolute Gasteiger partial charge is 0.480 e. The van der Waals surface area contributed by atoms with Crippen molar-refractivity contribution in [3.05, 3.63) is 51.2 Å². The maximum absolute atomic E-state index is 12.2. The Balaban J connectivity index is 1.64. The normalized spacial score (nSPS) is 18.2. The topological polar surface area (TPSA) is 38.3 Å². The number of carbonyl (C=O) groups excluding carboxylic acids is 1. The molecule has 1 aliphatic heterocycles. The van der Waals surface area contributed by atoms with E-state index in [1.54, 1.807) is 0 Å². The molecule has 3 rings (SSSR count). The number of rotatable bonds is 3. The van der Waals surface area contributed by atoms with E-state index in [9.17, 15) is 4.79 Å². The lowest BCUT2D eigenvalue weighted by Crippen LogP contribution is -2.38. The van der Waals surface area contributed by atoms with Gasteiger partial charge in [-0.1, -0.05) is 29.8 Å². The molecule has 2 heterocycles. The standard InChI is InChI=1S/C15H14ClNO2S/c1-9(13-6-7-14(16)20-13)17-15(18)12-8-10-4-2-3-5-11(10)19-12/h2-7,9,12H,8H2,1H3,(H,17,18)/t9-,12+/m1/s1. The van der Waals surface area contributed by atoms with Gasteiger partial charge >= 0.3 is 0 Å². The summed E-state index contributed by atoms with van der Waals surface area (Å²) in [5.41, 5.74) is 1.08. The number of nitrogens with one attached hydrogen (secondary N) is 1. The fraction of sp³-hybridized carbons (Fsp3) is 0.267. The summed E-state index contributed by atoms with van der Waals surface area (Å²) in [5.74, 6) is 0.720. The lowest BCUT2D eigenvalue weighted by Gasteiger charge is -2.16. The molecule has 1 aromatic heterocycles. The van der Waals surface area contributed by atoms with E-state index in [1.807, 2.05) is 43.3 Å². The van der Waals surface area contributed by atoms with Crippen LogP contribution in [0.2, 0.25) is 4.34 Å². The van der Waals surface area contributed by atoms with Crippen LogP contribution in [-0.2, 0) is 11.2 Å². The summed E-state index contributed by atoms with van der Waals surface area (Å²) >= 11 is 7.39. The van der Waals surface area contributed by atoms with Crippen molar-refractivity contribution in [2.75, 3.05) is 0 Å². The van der Waals surface area contributed by atoms with Gasteiger partial charge in [0.1, 0.15) is 5.75 Å². The van der Waals surface area contributed by atoms with Gasteiger partial charge in [-0.25, -0.2) is 0 Å². The van der Waals surface area contributed by atoms with Gasteiger partial charge in [-0.3, -0.25) is 4.79 Å². The third kappa shape index (κ3) is 2.67. The Labute approximate surface area is 126 Å². The van der Waals surface area contributed by atoms with Gasteiger partial charge in [0.2, 0.25) is 0 Å². The van der Waals surface area contributed by atoms with Gasteiger partial charge in [-0.15, -0.1) is 11.3 Å². The number of amides is 1. The minimum absolute atomic E-state index is 0.0627. The highest BCUT2D eigenvalue weighted by Gasteiger charge is 2.29. The summed E-state index contributed by atoms with van der Waals surface area (Å²) in [6.07, 6.45) is 0.185. The molecule has 0 aliphatic carbocycles. The van der Waals surface area contributed by atoms with E-state index >= 15 is 0 Å². The van der Waals surface area contributed by atoms with Crippen LogP contribution in [0, 0.1) is 0 Å². The van der Waals surface area contributed by atoms with Crippen LogP contribution in [0.3, 0.4) is 0 Å². The predicted molar refractivity (Wildman–Crippen MR) is 80.4 cm³/mol. The minimum atomic E-state index is -0.440. The number of para-hydroxylation sites is 1. The molecule has 20 heavy (non-hydrogen) atoms. The van der Waals surface area contributed by atoms with Crippen LogP contribution in [0.1, 0.15) is 23.4 Å². The zero-order valence-electron chi connectivity index (χ0n) is 10.9. The van der Waals surface area contributed by atoms with E-state index in [-0.39, 0.29) is 11.9 Å². The fourth-order valence-corrected chi connectivity index (χ4v) is 3.33. The van der Waals surface area contributed by atoms with Crippen molar-refractivity contribution < 1.29 is 9.53 Å². The lowest BCUT2D eigenvalue weighted by atomic mass is 10.1. The number of hydrogen-bond donors (Lipinski definition) is 1. The Hall–Kier alpha value is -1.52. The van der Waals surface area contributed by atoms with Crippen LogP contribution in [0.25, 0.3) is 0 Å². The molecular weight excluding hydrogens is 294 g/mol. The molecule has 3 nitrogen and oxygen atoms in total. The number of hydrogen-bond acceptors (Lipinski definition) is 3. The smallest absolute Gasteiger partial charge is 0.261 e. The first-order valence-electron chi connectivity index (χ1n) is 6.43. The van der Waals surface area contributed by atoms with Crippen molar-refractivity contribution in [2.24, 2.45) is 0 Å². The highest BCUT2D eigenvalue weighted by Crippen LogP contribution is 2.30. The molecular formula is C15H14ClNO2S. The summed E-state index contributed by atoms with van der Waals surface area (Å²) in [6.45, 7) is 1.95. The Kier molecular flexibility index (Phi) is 3.68. The molecule has 5 heteroatoms. The highest BCUT2D eigenvalue weighted by atomic mass is 35.5. The van der Waals surface area contributed by atoms with Crippen LogP contribution >= 0.6 is 22.9 Å². The Morgan fingerprint density at radius 2 is 2.20 bits per heavy atom. The summed E-state index contributed by atoms with van der Waals surface area (Å²) in [4.78, 5) is 13.3. The van der Waals surface area contributed by atoms with Crippen LogP contribution < -0.4 is 10.1 Å². The number of halogens is 1. The van der Waals surface area contributed by atoms with E-state index in [2.05, 4.69) is 5.32 Å². The highest BCUT2D eigenvalue weighted by molar-refractivity contribution is 7.16. The van der Waals surface area contributed by atoms with Gasteiger partial charge in [0.15, 0.2) is 6.10 Å². The minimum Gasteiger partial charge on any atom is -0.480 e. The van der Waals surface area contributed by atoms with E-state index in [1.165, 1.54) is 11.3 Å². The third-order valence-electron chi connectivity index (χ3n) is 3.32. The van der Waals surface area contributed by atoms with Gasteiger partial charge in [-0.05, 0) is 30.7 Å². The molecule has 1 aliphatic rings. The molecule has 0 spiro atoms. The van der Waals surface area contributed by atoms with Crippen LogP contribution in [0.15, 0.2) is 36.4 Å². The average molecular weight is 308 g/mol. The molecule has 1 amide bonds. The van der Waals surface area contributed by atoms with Gasteiger partial charge in [-0.2, -0.15) is 0 Å². The summed E-state index contributed by atoms with van der Waals surface area (Å²) in [5, 5.41) is 2.97. The Morgan fingerprint density at radius 3 is 2.90 bits per heavy atom. The number of fused-ring (bicyclic) bond motifs is 1. The Morgan fingerprint density at radius 1 is 1.40 bits per heavy atom. The second-order valence-electron chi connectivity index (χ2n) is 4.79. The number of thiophene rings is 1. The van der Waals surface area contributed by atoms with Crippen molar-refractivity contribution in [3.63, 3.8) is 0 Å². The number of benzene rings is 1. The monoisotopic (exact) mass is 307 g/mol. The molecule has 0 saturated heterocycles. The quantitative estimate of drug-likeness (QED) is 0.941. The van der Waals surface area contributed by atoms with Gasteiger partial charge in [0.05, 0.1) is 10.4 Å². The maximum atomic E-state index is 12.2. The van der Waals surface area contributed by atoms with E-state index in [0.29, 0.717) is 6.42 Å². The summed E-state index contributed by atoms with van der Waals surface area (Å²) in [7, 11) is 0. The molecule has 0 radical (unpaired) electrons. The van der Waals surface area contributed by atoms with Crippen molar-refractivity contribution in [2.45, 2.75) is 25.5 Å². The van der Waals surface area contributed by atoms with Crippen molar-refractivity contribution >= 4 is 28.8 Å². The van der Waals surface area contributed by atoms with Crippen LogP contribution in [0.5, 0.6) is 5.75 Å². The summed E-state index contributed by atoms with van der Waals surface area (Å²) < 4.78 is 6.40. The molecule has 1 aromatic carbocycles. The zero-order valence-corrected chi connectivity index (χ0v) is 12.5. The van der Waals surface area contributed by atoms with Gasteiger partial charge in [0.25, 0.3) is 5.91 Å². The van der Waals surface area contributed by atoms with E-state index in [4.69, 9.17) is 16.3 Å². The fourth-order valence-electron chi connectivity index (χ4n) is 2.27. The zero-order chi connectivity index (χ0) is 14.1. The number of ether oxygens (including phenoxy) is 1. The third-order valence-corrected chi connectivity index (χ3v) is 4.73. The predicted octanol–water partition coefficient (Wildman–Crippen LogP) is 3.58. The van der Waals surface area contributed by atoms with Crippen LogP contribution in [0.4, 0.5) is 0 Å². The van der Waals surface area contributed by atoms with Crippen molar-refractivity contribution in [3.8, 4) is 5.75 Å². The SMILES string of the molecule is C[C@@H](NC(=O)[C@@H]1Cc2ccccc2O1)c1ccc(Cl)s1. The molecule has 2 aromatic rings. The molecule has 0 fully saturated rings. The number of carbonyl (C=O) groups is 1. The molecule has 1 N–H and O–H groups in total. The first kappa shape index (κ1) is 13.5. The van der Waals surface area contributed by atoms with E-state index in [0.717, 1.165) is 20.5 Å². The van der Waals surface area contributed by atoms with Crippen LogP contribution in [-0.4, -0.2) is 12.0 Å². The lowest BCUT2D eigenvalue weighted by molar-refractivity contribution is -0.127. The molecule has 104 valence electrons. The summed E-state index contributed by atoms with van der Waals surface area (Å²) in [6, 6.07) is 11.5. The first-order chi connectivity index (χ1) is 9.63. The molecule has 0 saturated carbocycles. The van der Waals surface area contributed by atoms with Crippen molar-refractivity contribution in [1.82, 2.24) is 5.32 Å². The molecule has 2 atom stereocenters. The van der Waals surface area contributed by atoms with Crippen molar-refractivity contribution in [1.29, 1.82) is 0 Å². The molecule has 0 unspecified atom stereocenters.